The quantitative estimate of drug-likeness (QED) is 0.741. The van der Waals surface area contributed by atoms with Crippen molar-refractivity contribution in [2.45, 2.75) is 46.1 Å². The SMILES string of the molecule is CC(C)CNCC1(CCCS(C)(=O)=O)CCOC1C. The molecule has 0 bridgehead atoms. The molecule has 0 aliphatic carbocycles. The maximum absolute atomic E-state index is 11.2. The van der Waals surface area contributed by atoms with Crippen molar-refractivity contribution in [1.82, 2.24) is 5.32 Å². The molecule has 5 heteroatoms. The standard InChI is InChI=1S/C14H29NO3S/c1-12(2)10-15-11-14(7-8-18-13(14)3)6-5-9-19(4,16)17/h12-13,15H,5-11H2,1-4H3. The Hall–Kier alpha value is -0.130. The maximum atomic E-state index is 11.2. The lowest BCUT2D eigenvalue weighted by molar-refractivity contribution is 0.0578. The number of sulfone groups is 1. The lowest BCUT2D eigenvalue weighted by Crippen LogP contribution is -2.41. The predicted octanol–water partition coefficient (Wildman–Crippen LogP) is 1.85. The van der Waals surface area contributed by atoms with Gasteiger partial charge in [-0.25, -0.2) is 8.42 Å². The van der Waals surface area contributed by atoms with Crippen LogP contribution in [-0.4, -0.2) is 46.2 Å². The van der Waals surface area contributed by atoms with Gasteiger partial charge in [0.2, 0.25) is 0 Å². The molecule has 1 heterocycles. The smallest absolute Gasteiger partial charge is 0.147 e. The van der Waals surface area contributed by atoms with Crippen LogP contribution in [0.25, 0.3) is 0 Å². The van der Waals surface area contributed by atoms with Crippen LogP contribution in [0.5, 0.6) is 0 Å². The Morgan fingerprint density at radius 2 is 2.11 bits per heavy atom. The summed E-state index contributed by atoms with van der Waals surface area (Å²) in [6.45, 7) is 9.22. The van der Waals surface area contributed by atoms with E-state index in [1.54, 1.807) is 0 Å². The van der Waals surface area contributed by atoms with Gasteiger partial charge >= 0.3 is 0 Å². The molecule has 0 spiro atoms. The summed E-state index contributed by atoms with van der Waals surface area (Å²) >= 11 is 0. The van der Waals surface area contributed by atoms with E-state index in [0.29, 0.717) is 5.92 Å². The maximum Gasteiger partial charge on any atom is 0.147 e. The molecular formula is C14H29NO3S. The summed E-state index contributed by atoms with van der Waals surface area (Å²) in [7, 11) is -2.86. The van der Waals surface area contributed by atoms with E-state index in [1.165, 1.54) is 6.26 Å². The third-order valence-corrected chi connectivity index (χ3v) is 5.08. The Bertz CT molecular complexity index is 367. The first-order chi connectivity index (χ1) is 8.75. The van der Waals surface area contributed by atoms with Crippen LogP contribution in [0.2, 0.25) is 0 Å². The van der Waals surface area contributed by atoms with Crippen LogP contribution in [0.15, 0.2) is 0 Å². The first kappa shape index (κ1) is 16.9. The zero-order valence-corrected chi connectivity index (χ0v) is 13.6. The lowest BCUT2D eigenvalue weighted by Gasteiger charge is -2.33. The average Bonchev–Trinajstić information content (AvgIpc) is 2.58. The fourth-order valence-corrected chi connectivity index (χ4v) is 3.43. The van der Waals surface area contributed by atoms with Crippen LogP contribution in [0.1, 0.15) is 40.0 Å². The van der Waals surface area contributed by atoms with E-state index in [4.69, 9.17) is 4.74 Å². The van der Waals surface area contributed by atoms with Crippen molar-refractivity contribution in [3.63, 3.8) is 0 Å². The van der Waals surface area contributed by atoms with Crippen LogP contribution in [0.3, 0.4) is 0 Å². The van der Waals surface area contributed by atoms with Crippen molar-refractivity contribution in [2.75, 3.05) is 31.7 Å². The van der Waals surface area contributed by atoms with Crippen molar-refractivity contribution in [1.29, 1.82) is 0 Å². The Kier molecular flexibility index (Phi) is 6.27. The fraction of sp³-hybridized carbons (Fsp3) is 1.00. The molecule has 2 atom stereocenters. The van der Waals surface area contributed by atoms with E-state index in [9.17, 15) is 8.42 Å². The molecule has 1 rings (SSSR count). The molecule has 1 saturated heterocycles. The van der Waals surface area contributed by atoms with Crippen LogP contribution in [0, 0.1) is 11.3 Å². The van der Waals surface area contributed by atoms with Crippen molar-refractivity contribution < 1.29 is 13.2 Å². The second-order valence-corrected chi connectivity index (χ2v) is 8.64. The van der Waals surface area contributed by atoms with E-state index in [0.717, 1.165) is 39.0 Å². The molecule has 1 aliphatic heterocycles. The molecule has 19 heavy (non-hydrogen) atoms. The highest BCUT2D eigenvalue weighted by atomic mass is 32.2. The minimum atomic E-state index is -2.86. The second-order valence-electron chi connectivity index (χ2n) is 6.38. The van der Waals surface area contributed by atoms with Crippen LogP contribution < -0.4 is 5.32 Å². The fourth-order valence-electron chi connectivity index (χ4n) is 2.76. The highest BCUT2D eigenvalue weighted by Crippen LogP contribution is 2.38. The number of hydrogen-bond donors (Lipinski definition) is 1. The number of rotatable bonds is 8. The first-order valence-electron chi connectivity index (χ1n) is 7.25. The van der Waals surface area contributed by atoms with Crippen LogP contribution >= 0.6 is 0 Å². The predicted molar refractivity (Wildman–Crippen MR) is 79.1 cm³/mol. The molecule has 0 saturated carbocycles. The van der Waals surface area contributed by atoms with Crippen molar-refractivity contribution in [2.24, 2.45) is 11.3 Å². The monoisotopic (exact) mass is 291 g/mol. The molecule has 0 aromatic rings. The topological polar surface area (TPSA) is 55.4 Å². The van der Waals surface area contributed by atoms with Gasteiger partial charge in [-0.2, -0.15) is 0 Å². The third-order valence-electron chi connectivity index (χ3n) is 4.05. The van der Waals surface area contributed by atoms with Crippen molar-refractivity contribution in [3.05, 3.63) is 0 Å². The van der Waals surface area contributed by atoms with E-state index in [1.807, 2.05) is 0 Å². The van der Waals surface area contributed by atoms with E-state index < -0.39 is 9.84 Å². The summed E-state index contributed by atoms with van der Waals surface area (Å²) in [6, 6.07) is 0. The second kappa shape index (κ2) is 7.04. The van der Waals surface area contributed by atoms with Gasteiger partial charge < -0.3 is 10.1 Å². The molecule has 114 valence electrons. The molecule has 1 N–H and O–H groups in total. The van der Waals surface area contributed by atoms with Gasteiger partial charge in [0.25, 0.3) is 0 Å². The summed E-state index contributed by atoms with van der Waals surface area (Å²) in [6.07, 6.45) is 4.21. The van der Waals surface area contributed by atoms with Gasteiger partial charge in [0, 0.05) is 30.6 Å². The zero-order valence-electron chi connectivity index (χ0n) is 12.7. The molecular weight excluding hydrogens is 262 g/mol. The Morgan fingerprint density at radius 3 is 2.58 bits per heavy atom. The normalized spacial score (nSPS) is 28.2. The summed E-state index contributed by atoms with van der Waals surface area (Å²) in [5, 5.41) is 3.52. The van der Waals surface area contributed by atoms with E-state index in [-0.39, 0.29) is 17.3 Å². The minimum absolute atomic E-state index is 0.111. The molecule has 1 aliphatic rings. The van der Waals surface area contributed by atoms with Gasteiger partial charge in [-0.3, -0.25) is 0 Å². The Balaban J connectivity index is 2.51. The van der Waals surface area contributed by atoms with Gasteiger partial charge in [0.05, 0.1) is 6.10 Å². The van der Waals surface area contributed by atoms with Gasteiger partial charge in [-0.1, -0.05) is 13.8 Å². The third kappa shape index (κ3) is 5.79. The molecule has 1 fully saturated rings. The summed E-state index contributed by atoms with van der Waals surface area (Å²) < 4.78 is 28.2. The van der Waals surface area contributed by atoms with Gasteiger partial charge in [-0.05, 0) is 38.6 Å². The largest absolute Gasteiger partial charge is 0.378 e. The lowest BCUT2D eigenvalue weighted by atomic mass is 9.77. The van der Waals surface area contributed by atoms with E-state index >= 15 is 0 Å². The first-order valence-corrected chi connectivity index (χ1v) is 9.31. The van der Waals surface area contributed by atoms with Crippen LogP contribution in [-0.2, 0) is 14.6 Å². The van der Waals surface area contributed by atoms with Crippen molar-refractivity contribution in [3.8, 4) is 0 Å². The molecule has 2 unspecified atom stereocenters. The summed E-state index contributed by atoms with van der Waals surface area (Å²) in [5.74, 6) is 0.914. The number of ether oxygens (including phenoxy) is 1. The van der Waals surface area contributed by atoms with Gasteiger partial charge in [0.1, 0.15) is 9.84 Å². The number of hydrogen-bond acceptors (Lipinski definition) is 4. The average molecular weight is 291 g/mol. The minimum Gasteiger partial charge on any atom is -0.378 e. The Labute approximate surface area is 118 Å². The van der Waals surface area contributed by atoms with Crippen molar-refractivity contribution >= 4 is 9.84 Å². The molecule has 0 aromatic heterocycles. The summed E-state index contributed by atoms with van der Waals surface area (Å²) in [5.41, 5.74) is 0.111. The van der Waals surface area contributed by atoms with E-state index in [2.05, 4.69) is 26.1 Å². The Morgan fingerprint density at radius 1 is 1.42 bits per heavy atom. The highest BCUT2D eigenvalue weighted by molar-refractivity contribution is 7.90. The van der Waals surface area contributed by atoms with Gasteiger partial charge in [0.15, 0.2) is 0 Å². The molecule has 4 nitrogen and oxygen atoms in total. The van der Waals surface area contributed by atoms with Crippen LogP contribution in [0.4, 0.5) is 0 Å². The summed E-state index contributed by atoms with van der Waals surface area (Å²) in [4.78, 5) is 0. The highest BCUT2D eigenvalue weighted by Gasteiger charge is 2.40. The zero-order chi connectivity index (χ0) is 14.5. The molecule has 0 amide bonds. The number of nitrogens with one attached hydrogen (secondary N) is 1. The molecule has 0 aromatic carbocycles. The molecule has 0 radical (unpaired) electrons. The van der Waals surface area contributed by atoms with Gasteiger partial charge in [-0.15, -0.1) is 0 Å².